The number of hydrogen-bond donors (Lipinski definition) is 1. The van der Waals surface area contributed by atoms with Crippen molar-refractivity contribution in [3.63, 3.8) is 0 Å². The highest BCUT2D eigenvalue weighted by Gasteiger charge is 2.28. The van der Waals surface area contributed by atoms with E-state index in [0.717, 1.165) is 11.3 Å². The number of rotatable bonds is 5. The zero-order valence-corrected chi connectivity index (χ0v) is 12.1. The summed E-state index contributed by atoms with van der Waals surface area (Å²) in [6, 6.07) is 0. The summed E-state index contributed by atoms with van der Waals surface area (Å²) in [7, 11) is -3.85. The summed E-state index contributed by atoms with van der Waals surface area (Å²) in [6.07, 6.45) is 0. The van der Waals surface area contributed by atoms with Crippen LogP contribution in [-0.2, 0) is 10.0 Å². The van der Waals surface area contributed by atoms with E-state index in [1.165, 1.54) is 6.92 Å². The Morgan fingerprint density at radius 1 is 1.50 bits per heavy atom. The smallest absolute Gasteiger partial charge is 0.229 e. The van der Waals surface area contributed by atoms with Crippen LogP contribution in [0.15, 0.2) is 4.21 Å². The van der Waals surface area contributed by atoms with Crippen LogP contribution >= 0.6 is 34.7 Å². The summed E-state index contributed by atoms with van der Waals surface area (Å²) in [5.74, 6) is -0.395. The van der Waals surface area contributed by atoms with Gasteiger partial charge in [-0.25, -0.2) is 18.1 Å². The number of sulfonamides is 1. The number of halogens is 4. The van der Waals surface area contributed by atoms with E-state index in [1.54, 1.807) is 0 Å². The second-order valence-electron chi connectivity index (χ2n) is 3.03. The van der Waals surface area contributed by atoms with Crippen molar-refractivity contribution >= 4 is 44.7 Å². The molecule has 0 aliphatic carbocycles. The summed E-state index contributed by atoms with van der Waals surface area (Å²) in [6.45, 7) is 1.14. The Morgan fingerprint density at radius 3 is 2.56 bits per heavy atom. The normalized spacial score (nSPS) is 12.9. The van der Waals surface area contributed by atoms with Crippen LogP contribution in [-0.4, -0.2) is 31.2 Å². The molecule has 0 aliphatic heterocycles. The van der Waals surface area contributed by atoms with E-state index >= 15 is 0 Å². The van der Waals surface area contributed by atoms with Crippen molar-refractivity contribution in [1.82, 2.24) is 9.71 Å². The lowest BCUT2D eigenvalue weighted by Gasteiger charge is -2.07. The highest BCUT2D eigenvalue weighted by molar-refractivity contribution is 8.00. The third-order valence-corrected chi connectivity index (χ3v) is 5.70. The monoisotopic (exact) mass is 340 g/mol. The fraction of sp³-hybridized carbons (Fsp3) is 0.571. The number of thiazole rings is 1. The molecule has 11 heteroatoms. The molecule has 0 fully saturated rings. The second kappa shape index (κ2) is 5.95. The molecule has 1 N–H and O–H groups in total. The van der Waals surface area contributed by atoms with Crippen molar-refractivity contribution in [2.24, 2.45) is 0 Å². The fourth-order valence-corrected chi connectivity index (χ4v) is 4.39. The quantitative estimate of drug-likeness (QED) is 0.837. The lowest BCUT2D eigenvalue weighted by Crippen LogP contribution is -2.26. The molecule has 0 amide bonds. The molecule has 0 bridgehead atoms. The maximum atomic E-state index is 11.8. The fourth-order valence-electron chi connectivity index (χ4n) is 1.01. The third-order valence-electron chi connectivity index (χ3n) is 1.63. The van der Waals surface area contributed by atoms with Gasteiger partial charge in [0.25, 0.3) is 10.0 Å². The third kappa shape index (κ3) is 4.92. The van der Waals surface area contributed by atoms with Gasteiger partial charge in [-0.05, 0) is 18.7 Å². The summed E-state index contributed by atoms with van der Waals surface area (Å²) in [4.78, 5) is 3.72. The van der Waals surface area contributed by atoms with Crippen LogP contribution in [0.3, 0.4) is 0 Å². The number of alkyl halides is 3. The van der Waals surface area contributed by atoms with Gasteiger partial charge in [-0.1, -0.05) is 22.9 Å². The summed E-state index contributed by atoms with van der Waals surface area (Å²) in [5.41, 5.74) is -4.14. The largest absolute Gasteiger partial charge is 0.441 e. The van der Waals surface area contributed by atoms with Gasteiger partial charge in [0.2, 0.25) is 0 Å². The minimum atomic E-state index is -4.37. The van der Waals surface area contributed by atoms with Crippen LogP contribution in [0.5, 0.6) is 0 Å². The first-order chi connectivity index (χ1) is 8.12. The molecule has 1 aromatic heterocycles. The Hall–Kier alpha value is -0.0300. The van der Waals surface area contributed by atoms with Crippen LogP contribution in [0.1, 0.15) is 5.69 Å². The van der Waals surface area contributed by atoms with Crippen LogP contribution in [0.4, 0.5) is 13.2 Å². The SMILES string of the molecule is Cc1nc(Cl)sc1S(=O)(=O)NCCSC(F)(F)F. The number of hydrogen-bond acceptors (Lipinski definition) is 5. The predicted octanol–water partition coefficient (Wildman–Crippen LogP) is 2.64. The van der Waals surface area contributed by atoms with Crippen molar-refractivity contribution in [3.8, 4) is 0 Å². The van der Waals surface area contributed by atoms with E-state index in [4.69, 9.17) is 11.6 Å². The van der Waals surface area contributed by atoms with E-state index in [9.17, 15) is 21.6 Å². The second-order valence-corrected chi connectivity index (χ2v) is 7.73. The lowest BCUT2D eigenvalue weighted by molar-refractivity contribution is -0.0327. The van der Waals surface area contributed by atoms with Gasteiger partial charge in [0.05, 0.1) is 5.69 Å². The highest BCUT2D eigenvalue weighted by Crippen LogP contribution is 2.30. The molecule has 0 saturated carbocycles. The Bertz CT molecular complexity index is 514. The van der Waals surface area contributed by atoms with E-state index < -0.39 is 21.3 Å². The number of aromatic nitrogens is 1. The molecule has 4 nitrogen and oxygen atoms in total. The summed E-state index contributed by atoms with van der Waals surface area (Å²) < 4.78 is 60.9. The number of aryl methyl sites for hydroxylation is 1. The topological polar surface area (TPSA) is 59.1 Å². The standard InChI is InChI=1S/C7H8ClF3N2O2S3/c1-4-5(17-6(8)13-4)18(14,15)12-2-3-16-7(9,10)11/h12H,2-3H2,1H3. The molecule has 1 aromatic rings. The van der Waals surface area contributed by atoms with Crippen LogP contribution in [0, 0.1) is 6.92 Å². The van der Waals surface area contributed by atoms with Gasteiger partial charge >= 0.3 is 5.51 Å². The van der Waals surface area contributed by atoms with E-state index in [0.29, 0.717) is 0 Å². The summed E-state index contributed by atoms with van der Waals surface area (Å²) >= 11 is 6.03. The Labute approximate surface area is 115 Å². The predicted molar refractivity (Wildman–Crippen MR) is 65.6 cm³/mol. The maximum Gasteiger partial charge on any atom is 0.441 e. The molecular formula is C7H8ClF3N2O2S3. The number of nitrogens with one attached hydrogen (secondary N) is 1. The number of nitrogens with zero attached hydrogens (tertiary/aromatic N) is 1. The first kappa shape index (κ1) is 16.0. The molecule has 104 valence electrons. The Morgan fingerprint density at radius 2 is 2.11 bits per heavy atom. The lowest BCUT2D eigenvalue weighted by atomic mass is 10.6. The Balaban J connectivity index is 2.59. The van der Waals surface area contributed by atoms with Crippen molar-refractivity contribution in [2.45, 2.75) is 16.6 Å². The Kier molecular flexibility index (Phi) is 5.30. The minimum Gasteiger partial charge on any atom is -0.229 e. The average molecular weight is 341 g/mol. The first-order valence-electron chi connectivity index (χ1n) is 4.45. The van der Waals surface area contributed by atoms with Crippen LogP contribution in [0.25, 0.3) is 0 Å². The molecule has 0 aromatic carbocycles. The van der Waals surface area contributed by atoms with E-state index in [2.05, 4.69) is 9.71 Å². The molecule has 1 heterocycles. The highest BCUT2D eigenvalue weighted by atomic mass is 35.5. The van der Waals surface area contributed by atoms with Crippen molar-refractivity contribution < 1.29 is 21.6 Å². The first-order valence-corrected chi connectivity index (χ1v) is 8.11. The van der Waals surface area contributed by atoms with E-state index in [-0.39, 0.29) is 32.7 Å². The van der Waals surface area contributed by atoms with Gasteiger partial charge in [-0.3, -0.25) is 0 Å². The van der Waals surface area contributed by atoms with Crippen molar-refractivity contribution in [3.05, 3.63) is 10.2 Å². The average Bonchev–Trinajstić information content (AvgIpc) is 2.52. The van der Waals surface area contributed by atoms with Gasteiger partial charge < -0.3 is 0 Å². The molecule has 1 rings (SSSR count). The molecule has 0 spiro atoms. The molecule has 0 unspecified atom stereocenters. The van der Waals surface area contributed by atoms with Gasteiger partial charge in [-0.2, -0.15) is 13.2 Å². The number of thioether (sulfide) groups is 1. The zero-order chi connectivity index (χ0) is 14.0. The van der Waals surface area contributed by atoms with Crippen LogP contribution < -0.4 is 4.72 Å². The zero-order valence-electron chi connectivity index (χ0n) is 8.91. The molecule has 18 heavy (non-hydrogen) atoms. The van der Waals surface area contributed by atoms with Crippen molar-refractivity contribution in [1.29, 1.82) is 0 Å². The molecule has 0 aliphatic rings. The van der Waals surface area contributed by atoms with Gasteiger partial charge in [0.15, 0.2) is 8.68 Å². The summed E-state index contributed by atoms with van der Waals surface area (Å²) in [5, 5.41) is 0. The molecule has 0 radical (unpaired) electrons. The minimum absolute atomic E-state index is 0.0672. The molecule has 0 atom stereocenters. The van der Waals surface area contributed by atoms with Crippen LogP contribution in [0.2, 0.25) is 4.47 Å². The van der Waals surface area contributed by atoms with Gasteiger partial charge in [0, 0.05) is 12.3 Å². The molecular weight excluding hydrogens is 333 g/mol. The maximum absolute atomic E-state index is 11.8. The molecule has 0 saturated heterocycles. The van der Waals surface area contributed by atoms with Gasteiger partial charge in [-0.15, -0.1) is 0 Å². The van der Waals surface area contributed by atoms with E-state index in [1.807, 2.05) is 0 Å². The van der Waals surface area contributed by atoms with Crippen molar-refractivity contribution in [2.75, 3.05) is 12.3 Å². The van der Waals surface area contributed by atoms with Gasteiger partial charge in [0.1, 0.15) is 0 Å².